The Morgan fingerprint density at radius 1 is 0.873 bits per heavy atom. The Labute approximate surface area is 381 Å². The zero-order valence-electron chi connectivity index (χ0n) is 42.2. The third-order valence-corrected chi connectivity index (χ3v) is 17.1. The van der Waals surface area contributed by atoms with Crippen LogP contribution in [0.3, 0.4) is 0 Å². The number of methoxy groups -OCH3 is 1. The predicted octanol–water partition coefficient (Wildman–Crippen LogP) is 6.74. The van der Waals surface area contributed by atoms with E-state index in [4.69, 9.17) is 46.7 Å². The molecule has 17 heteroatoms. The minimum Gasteiger partial charge on any atom is -0.458 e. The molecule has 6 aliphatic rings. The molecule has 1 amide bonds. The minimum absolute atomic E-state index is 0.0207. The van der Waals surface area contributed by atoms with Crippen LogP contribution in [-0.4, -0.2) is 163 Å². The molecule has 0 aromatic carbocycles. The van der Waals surface area contributed by atoms with Gasteiger partial charge < -0.3 is 51.6 Å². The van der Waals surface area contributed by atoms with Crippen LogP contribution in [-0.2, 0) is 51.5 Å². The van der Waals surface area contributed by atoms with Crippen LogP contribution in [0, 0.1) is 23.7 Å². The summed E-state index contributed by atoms with van der Waals surface area (Å²) in [5.41, 5.74) is -3.78. The van der Waals surface area contributed by atoms with Crippen molar-refractivity contribution in [1.29, 1.82) is 0 Å². The normalized spacial score (nSPS) is 47.6. The molecule has 6 aliphatic heterocycles. The zero-order chi connectivity index (χ0) is 47.0. The number of nitrogens with one attached hydrogen (secondary N) is 1. The second-order valence-corrected chi connectivity index (χ2v) is 31.7. The lowest BCUT2D eigenvalue weighted by Crippen LogP contribution is -2.64. The summed E-state index contributed by atoms with van der Waals surface area (Å²) >= 11 is 0. The van der Waals surface area contributed by atoms with E-state index >= 15 is 0 Å². The lowest BCUT2D eigenvalue weighted by atomic mass is 9.72. The van der Waals surface area contributed by atoms with Gasteiger partial charge in [0.15, 0.2) is 34.8 Å². The monoisotopic (exact) mass is 928 g/mol. The van der Waals surface area contributed by atoms with Crippen LogP contribution >= 0.6 is 0 Å². The summed E-state index contributed by atoms with van der Waals surface area (Å²) in [5, 5.41) is 3.84. The third kappa shape index (κ3) is 9.88. The third-order valence-electron chi connectivity index (χ3n) is 15.2. The van der Waals surface area contributed by atoms with E-state index in [1.54, 1.807) is 7.11 Å². The fourth-order valence-corrected chi connectivity index (χ4v) is 14.6. The van der Waals surface area contributed by atoms with E-state index in [2.05, 4.69) is 98.2 Å². The largest absolute Gasteiger partial charge is 0.458 e. The van der Waals surface area contributed by atoms with Crippen molar-refractivity contribution >= 4 is 28.7 Å². The number of hydrogen-bond donors (Lipinski definition) is 1. The molecule has 6 heterocycles. The standard InChI is InChI=1S/C46H85N3O12Si2/c1-20-33-45(10)37-30(6)46(47-21-22-49(37)42(51)58-45)26(2)24-44(9,61-46)38(57-41-36(59-62(14,15)16)32(48(11)12)23-27(3)53-41)28(4)35(29(5)40(50)55-33)56-34-25-43(8,52-13)39(31(7)54-34)60-63(17,18)19/h26-39,41,47H,20-25H2,1-19H3/t26-,27-,28-,29-,30-,31+,32+,33-,34+,35+,36-,37-,38-,39+,41+,43-,44-,45-,46?/m1/s1. The summed E-state index contributed by atoms with van der Waals surface area (Å²) in [4.78, 5) is 32.8. The van der Waals surface area contributed by atoms with Crippen LogP contribution in [0.15, 0.2) is 0 Å². The minimum atomic E-state index is -2.14. The van der Waals surface area contributed by atoms with E-state index in [9.17, 15) is 9.59 Å². The van der Waals surface area contributed by atoms with E-state index in [1.165, 1.54) is 0 Å². The van der Waals surface area contributed by atoms with Gasteiger partial charge in [-0.3, -0.25) is 15.0 Å². The number of likely N-dealkylation sites (N-methyl/N-ethyl adjacent to an activating group) is 1. The van der Waals surface area contributed by atoms with Crippen molar-refractivity contribution in [3.63, 3.8) is 0 Å². The maximum absolute atomic E-state index is 15.0. The molecule has 63 heavy (non-hydrogen) atoms. The number of ether oxygens (including phenoxy) is 8. The number of carbonyl (C=O) groups is 2. The highest BCUT2D eigenvalue weighted by molar-refractivity contribution is 6.70. The van der Waals surface area contributed by atoms with Crippen LogP contribution in [0.5, 0.6) is 0 Å². The quantitative estimate of drug-likeness (QED) is 0.173. The molecule has 15 nitrogen and oxygen atoms in total. The Balaban J connectivity index is 1.50. The summed E-state index contributed by atoms with van der Waals surface area (Å²) in [6.07, 6.45) is -3.28. The fraction of sp³-hybridized carbons (Fsp3) is 0.957. The smallest absolute Gasteiger partial charge is 0.410 e. The second kappa shape index (κ2) is 18.4. The molecule has 0 aromatic rings. The second-order valence-electron chi connectivity index (χ2n) is 22.8. The Morgan fingerprint density at radius 3 is 2.11 bits per heavy atom. The molecule has 364 valence electrons. The SMILES string of the molecule is CC[C@H]1OC(=O)[C@H](C)[C@@H](O[C@H]2C[C@@](C)(OC)[C@@H](O[Si](C)(C)C)[C@H](C)O2)[C@@H](C)[C@@H](O[C@@H]2O[C@H](C)C[C@H](N(C)C)[C@H]2O[Si](C)(C)C)[C@@]2(C)C[C@@H](C)C3(NCCN4C(=O)O[C@@]1(C)[C@H]4[C@H]3C)O2. The highest BCUT2D eigenvalue weighted by Gasteiger charge is 2.68. The van der Waals surface area contributed by atoms with Gasteiger partial charge in [0.05, 0.1) is 53.7 Å². The zero-order valence-corrected chi connectivity index (χ0v) is 44.2. The molecule has 19 atom stereocenters. The number of fused-ring (bicyclic) bond motifs is 1. The maximum atomic E-state index is 15.0. The van der Waals surface area contributed by atoms with Crippen molar-refractivity contribution in [3.05, 3.63) is 0 Å². The van der Waals surface area contributed by atoms with Crippen LogP contribution in [0.4, 0.5) is 4.79 Å². The lowest BCUT2D eigenvalue weighted by molar-refractivity contribution is -0.320. The number of rotatable bonds is 11. The van der Waals surface area contributed by atoms with E-state index in [0.717, 1.165) is 6.42 Å². The molecular formula is C46H85N3O12Si2. The molecule has 0 saturated carbocycles. The van der Waals surface area contributed by atoms with Gasteiger partial charge in [-0.2, -0.15) is 0 Å². The van der Waals surface area contributed by atoms with Gasteiger partial charge in [0.2, 0.25) is 0 Å². The summed E-state index contributed by atoms with van der Waals surface area (Å²) < 4.78 is 69.0. The van der Waals surface area contributed by atoms with Gasteiger partial charge in [-0.1, -0.05) is 27.7 Å². The van der Waals surface area contributed by atoms with Crippen molar-refractivity contribution in [3.8, 4) is 0 Å². The summed E-state index contributed by atoms with van der Waals surface area (Å²) in [6, 6.07) is -0.442. The first-order valence-electron chi connectivity index (χ1n) is 23.9. The topological polar surface area (TPSA) is 145 Å². The number of carbonyl (C=O) groups excluding carboxylic acids is 2. The maximum Gasteiger partial charge on any atom is 0.410 e. The highest BCUT2D eigenvalue weighted by Crippen LogP contribution is 2.55. The molecule has 0 radical (unpaired) electrons. The average Bonchev–Trinajstić information content (AvgIpc) is 3.52. The molecule has 1 spiro atoms. The molecule has 0 aromatic heterocycles. The molecular weight excluding hydrogens is 843 g/mol. The van der Waals surface area contributed by atoms with Crippen molar-refractivity contribution in [2.75, 3.05) is 34.3 Å². The first-order valence-corrected chi connectivity index (χ1v) is 30.7. The fourth-order valence-electron chi connectivity index (χ4n) is 12.3. The molecule has 6 rings (SSSR count). The average molecular weight is 928 g/mol. The van der Waals surface area contributed by atoms with Gasteiger partial charge in [-0.25, -0.2) is 4.79 Å². The van der Waals surface area contributed by atoms with Crippen molar-refractivity contribution in [2.45, 2.75) is 224 Å². The van der Waals surface area contributed by atoms with Gasteiger partial charge in [0.25, 0.3) is 0 Å². The van der Waals surface area contributed by atoms with Crippen molar-refractivity contribution in [2.24, 2.45) is 23.7 Å². The van der Waals surface area contributed by atoms with Crippen LogP contribution < -0.4 is 5.32 Å². The number of nitrogens with zero attached hydrogens (tertiary/aromatic N) is 2. The van der Waals surface area contributed by atoms with Gasteiger partial charge in [0.1, 0.15) is 17.9 Å². The highest BCUT2D eigenvalue weighted by atomic mass is 28.4. The summed E-state index contributed by atoms with van der Waals surface area (Å²) in [6.45, 7) is 34.4. The first kappa shape index (κ1) is 51.2. The number of hydrogen-bond acceptors (Lipinski definition) is 14. The van der Waals surface area contributed by atoms with Gasteiger partial charge in [-0.05, 0) is 114 Å². The van der Waals surface area contributed by atoms with Crippen molar-refractivity contribution < 1.29 is 56.3 Å². The van der Waals surface area contributed by atoms with E-state index in [-0.39, 0.29) is 36.2 Å². The Hall–Kier alpha value is -1.23. The van der Waals surface area contributed by atoms with E-state index < -0.39 is 106 Å². The lowest BCUT2D eigenvalue weighted by Gasteiger charge is -2.51. The number of amides is 1. The Kier molecular flexibility index (Phi) is 14.9. The van der Waals surface area contributed by atoms with Crippen LogP contribution in [0.25, 0.3) is 0 Å². The van der Waals surface area contributed by atoms with E-state index in [0.29, 0.717) is 32.4 Å². The predicted molar refractivity (Wildman–Crippen MR) is 244 cm³/mol. The number of cyclic esters (lactones) is 1. The molecule has 1 unspecified atom stereocenters. The van der Waals surface area contributed by atoms with Crippen molar-refractivity contribution in [1.82, 2.24) is 15.1 Å². The molecule has 6 saturated heterocycles. The summed E-state index contributed by atoms with van der Waals surface area (Å²) in [5.74, 6) is -2.11. The van der Waals surface area contributed by atoms with E-state index in [1.807, 2.05) is 39.5 Å². The van der Waals surface area contributed by atoms with Crippen LogP contribution in [0.2, 0.25) is 39.3 Å². The number of esters is 1. The molecule has 1 N–H and O–H groups in total. The molecule has 0 aliphatic carbocycles. The molecule has 3 bridgehead atoms. The van der Waals surface area contributed by atoms with Gasteiger partial charge >= 0.3 is 12.1 Å². The Bertz CT molecular complexity index is 1630. The van der Waals surface area contributed by atoms with Gasteiger partial charge in [-0.15, -0.1) is 0 Å². The first-order chi connectivity index (χ1) is 29.0. The Morgan fingerprint density at radius 2 is 1.52 bits per heavy atom. The summed E-state index contributed by atoms with van der Waals surface area (Å²) in [7, 11) is 1.72. The van der Waals surface area contributed by atoms with Crippen LogP contribution in [0.1, 0.15) is 94.9 Å². The van der Waals surface area contributed by atoms with Gasteiger partial charge in [0, 0.05) is 50.4 Å². The molecule has 6 fully saturated rings.